The van der Waals surface area contributed by atoms with Crippen LogP contribution in [-0.2, 0) is 0 Å². The highest BCUT2D eigenvalue weighted by Gasteiger charge is 2.30. The third-order valence-electron chi connectivity index (χ3n) is 6.74. The smallest absolute Gasteiger partial charge is 0.412 e. The van der Waals surface area contributed by atoms with Gasteiger partial charge in [-0.05, 0) is 82.0 Å². The van der Waals surface area contributed by atoms with Gasteiger partial charge in [0.15, 0.2) is 5.65 Å². The van der Waals surface area contributed by atoms with Crippen LogP contribution in [0.5, 0.6) is 0 Å². The van der Waals surface area contributed by atoms with Crippen LogP contribution in [0.25, 0.3) is 16.9 Å². The number of aromatic nitrogens is 3. The van der Waals surface area contributed by atoms with E-state index in [-0.39, 0.29) is 11.9 Å². The normalized spacial score (nSPS) is 16.0. The highest BCUT2D eigenvalue weighted by Crippen LogP contribution is 2.36. The Balaban J connectivity index is 1.56. The molecule has 2 aromatic heterocycles. The highest BCUT2D eigenvalue weighted by molar-refractivity contribution is 5.90. The molecule has 1 saturated heterocycles. The molecule has 1 N–H and O–H groups in total. The number of carboxylic acid groups (broad SMARTS) is 1. The zero-order valence-electron chi connectivity index (χ0n) is 20.9. The van der Waals surface area contributed by atoms with Crippen LogP contribution in [0, 0.1) is 12.7 Å². The van der Waals surface area contributed by atoms with Crippen LogP contribution in [0.2, 0.25) is 0 Å². The van der Waals surface area contributed by atoms with Crippen LogP contribution in [0.1, 0.15) is 50.8 Å². The molecule has 0 aliphatic carbocycles. The van der Waals surface area contributed by atoms with E-state index in [4.69, 9.17) is 5.10 Å². The van der Waals surface area contributed by atoms with Gasteiger partial charge in [0, 0.05) is 17.6 Å². The minimum Gasteiger partial charge on any atom is -0.465 e. The molecule has 0 saturated carbocycles. The first-order chi connectivity index (χ1) is 17.1. The van der Waals surface area contributed by atoms with Crippen molar-refractivity contribution < 1.29 is 14.3 Å². The van der Waals surface area contributed by atoms with E-state index in [1.165, 1.54) is 11.0 Å². The van der Waals surface area contributed by atoms with E-state index in [0.29, 0.717) is 11.3 Å². The van der Waals surface area contributed by atoms with Crippen molar-refractivity contribution in [2.75, 3.05) is 16.3 Å². The number of nitrogens with zero attached hydrogens (tertiary/aromatic N) is 5. The summed E-state index contributed by atoms with van der Waals surface area (Å²) >= 11 is 0. The first kappa shape index (κ1) is 23.8. The maximum absolute atomic E-state index is 13.9. The number of amides is 1. The molecule has 4 aromatic rings. The molecule has 186 valence electrons. The van der Waals surface area contributed by atoms with E-state index < -0.39 is 11.6 Å². The van der Waals surface area contributed by atoms with Gasteiger partial charge in [-0.15, -0.1) is 5.10 Å². The molecule has 1 fully saturated rings. The van der Waals surface area contributed by atoms with Crippen molar-refractivity contribution in [2.24, 2.45) is 0 Å². The lowest BCUT2D eigenvalue weighted by Crippen LogP contribution is -2.45. The summed E-state index contributed by atoms with van der Waals surface area (Å²) in [7, 11) is 0. The van der Waals surface area contributed by atoms with Crippen molar-refractivity contribution in [3.05, 3.63) is 77.7 Å². The summed E-state index contributed by atoms with van der Waals surface area (Å²) in [5.41, 5.74) is 4.13. The molecule has 3 heterocycles. The van der Waals surface area contributed by atoms with E-state index >= 15 is 0 Å². The number of hydrogen-bond donors (Lipinski definition) is 1. The van der Waals surface area contributed by atoms with Crippen molar-refractivity contribution in [2.45, 2.75) is 52.1 Å². The molecule has 5 rings (SSSR count). The van der Waals surface area contributed by atoms with Crippen LogP contribution in [-0.4, -0.2) is 37.9 Å². The van der Waals surface area contributed by atoms with Crippen molar-refractivity contribution in [3.63, 3.8) is 0 Å². The Morgan fingerprint density at radius 2 is 1.94 bits per heavy atom. The monoisotopic (exact) mass is 487 g/mol. The summed E-state index contributed by atoms with van der Waals surface area (Å²) in [4.78, 5) is 20.3. The van der Waals surface area contributed by atoms with Crippen LogP contribution >= 0.6 is 0 Å². The van der Waals surface area contributed by atoms with Gasteiger partial charge in [0.05, 0.1) is 23.6 Å². The summed E-state index contributed by atoms with van der Waals surface area (Å²) in [6.45, 7) is 8.37. The third kappa shape index (κ3) is 4.27. The van der Waals surface area contributed by atoms with Gasteiger partial charge in [-0.25, -0.2) is 18.7 Å². The Hall–Kier alpha value is -3.94. The molecule has 1 atom stereocenters. The summed E-state index contributed by atoms with van der Waals surface area (Å²) in [6, 6.07) is 16.5. The zero-order chi connectivity index (χ0) is 25.6. The lowest BCUT2D eigenvalue weighted by atomic mass is 10.0. The Labute approximate surface area is 209 Å². The Morgan fingerprint density at radius 1 is 1.14 bits per heavy atom. The summed E-state index contributed by atoms with van der Waals surface area (Å²) < 4.78 is 15.7. The molecular weight excluding hydrogens is 457 g/mol. The van der Waals surface area contributed by atoms with E-state index in [2.05, 4.69) is 9.88 Å². The van der Waals surface area contributed by atoms with Gasteiger partial charge < -0.3 is 10.0 Å². The SMILES string of the molecule is Cc1ccc(-c2cnc3ccc(N4CCCC4c4cccc(F)c4)nn23)cc1N(C(=O)O)C(C)(C)C. The molecule has 1 amide bonds. The van der Waals surface area contributed by atoms with Gasteiger partial charge in [-0.3, -0.25) is 4.90 Å². The highest BCUT2D eigenvalue weighted by atomic mass is 19.1. The number of fused-ring (bicyclic) bond motifs is 1. The Kier molecular flexibility index (Phi) is 5.90. The summed E-state index contributed by atoms with van der Waals surface area (Å²) in [6.07, 6.45) is 2.69. The summed E-state index contributed by atoms with van der Waals surface area (Å²) in [5, 5.41) is 14.9. The molecule has 0 radical (unpaired) electrons. The maximum atomic E-state index is 13.9. The lowest BCUT2D eigenvalue weighted by Gasteiger charge is -2.34. The molecule has 1 aliphatic rings. The van der Waals surface area contributed by atoms with Gasteiger partial charge in [0.25, 0.3) is 0 Å². The van der Waals surface area contributed by atoms with E-state index in [1.807, 2.05) is 64.1 Å². The van der Waals surface area contributed by atoms with Crippen molar-refractivity contribution >= 4 is 23.2 Å². The molecule has 7 nitrogen and oxygen atoms in total. The number of hydrogen-bond acceptors (Lipinski definition) is 4. The summed E-state index contributed by atoms with van der Waals surface area (Å²) in [5.74, 6) is 0.559. The molecular formula is C28H30FN5O2. The average Bonchev–Trinajstić information content (AvgIpc) is 3.46. The first-order valence-corrected chi connectivity index (χ1v) is 12.1. The number of halogens is 1. The minimum absolute atomic E-state index is 0.0551. The number of rotatable bonds is 4. The molecule has 1 unspecified atom stereocenters. The van der Waals surface area contributed by atoms with Gasteiger partial charge in [-0.1, -0.05) is 24.3 Å². The fourth-order valence-corrected chi connectivity index (χ4v) is 5.08. The van der Waals surface area contributed by atoms with Crippen LogP contribution in [0.15, 0.2) is 60.8 Å². The Morgan fingerprint density at radius 3 is 2.67 bits per heavy atom. The zero-order valence-corrected chi connectivity index (χ0v) is 20.9. The second-order valence-electron chi connectivity index (χ2n) is 10.3. The first-order valence-electron chi connectivity index (χ1n) is 12.1. The molecule has 0 spiro atoms. The minimum atomic E-state index is -1.00. The lowest BCUT2D eigenvalue weighted by molar-refractivity contribution is 0.195. The second kappa shape index (κ2) is 8.93. The maximum Gasteiger partial charge on any atom is 0.412 e. The number of benzene rings is 2. The number of anilines is 2. The van der Waals surface area contributed by atoms with Crippen LogP contribution in [0.4, 0.5) is 20.7 Å². The molecule has 2 aromatic carbocycles. The van der Waals surface area contributed by atoms with Crippen LogP contribution in [0.3, 0.4) is 0 Å². The number of aryl methyl sites for hydroxylation is 1. The molecule has 1 aliphatic heterocycles. The topological polar surface area (TPSA) is 74.0 Å². The fraction of sp³-hybridized carbons (Fsp3) is 0.321. The van der Waals surface area contributed by atoms with Crippen molar-refractivity contribution in [3.8, 4) is 11.3 Å². The van der Waals surface area contributed by atoms with Crippen LogP contribution < -0.4 is 9.80 Å². The number of imidazole rings is 1. The van der Waals surface area contributed by atoms with E-state index in [9.17, 15) is 14.3 Å². The van der Waals surface area contributed by atoms with Gasteiger partial charge in [-0.2, -0.15) is 0 Å². The fourth-order valence-electron chi connectivity index (χ4n) is 5.08. The third-order valence-corrected chi connectivity index (χ3v) is 6.74. The molecule has 0 bridgehead atoms. The molecule has 8 heteroatoms. The standard InChI is InChI=1S/C28H30FN5O2/c1-18-10-11-20(16-23(18)33(27(35)36)28(2,3)4)24-17-30-25-12-13-26(31-34(24)25)32-14-6-9-22(32)19-7-5-8-21(29)15-19/h5,7-8,10-13,15-17,22H,6,9,14H2,1-4H3,(H,35,36). The Bertz CT molecular complexity index is 1440. The van der Waals surface area contributed by atoms with Crippen molar-refractivity contribution in [1.29, 1.82) is 0 Å². The predicted molar refractivity (Wildman–Crippen MR) is 139 cm³/mol. The van der Waals surface area contributed by atoms with Gasteiger partial charge in [0.2, 0.25) is 0 Å². The second-order valence-corrected chi connectivity index (χ2v) is 10.3. The van der Waals surface area contributed by atoms with E-state index in [0.717, 1.165) is 47.6 Å². The average molecular weight is 488 g/mol. The van der Waals surface area contributed by atoms with E-state index in [1.54, 1.807) is 22.8 Å². The molecule has 36 heavy (non-hydrogen) atoms. The largest absolute Gasteiger partial charge is 0.465 e. The van der Waals surface area contributed by atoms with Crippen molar-refractivity contribution in [1.82, 2.24) is 14.6 Å². The van der Waals surface area contributed by atoms with Gasteiger partial charge >= 0.3 is 6.09 Å². The quantitative estimate of drug-likeness (QED) is 0.357. The number of carbonyl (C=O) groups is 1. The predicted octanol–water partition coefficient (Wildman–Crippen LogP) is 6.47. The van der Waals surface area contributed by atoms with Gasteiger partial charge in [0.1, 0.15) is 11.6 Å².